The number of benzene rings is 1. The van der Waals surface area contributed by atoms with Crippen molar-refractivity contribution >= 4 is 27.5 Å². The van der Waals surface area contributed by atoms with Crippen molar-refractivity contribution in [2.24, 2.45) is 11.1 Å². The lowest BCUT2D eigenvalue weighted by Crippen LogP contribution is -2.43. The molecule has 0 aromatic heterocycles. The molecule has 1 aromatic rings. The number of carbonyl (C=O) groups excluding carboxylic acids is 1. The molecule has 19 heavy (non-hydrogen) atoms. The summed E-state index contributed by atoms with van der Waals surface area (Å²) in [5, 5.41) is 3.06. The molecule has 0 radical (unpaired) electrons. The van der Waals surface area contributed by atoms with Crippen molar-refractivity contribution in [2.45, 2.75) is 39.0 Å². The zero-order valence-electron chi connectivity index (χ0n) is 11.3. The summed E-state index contributed by atoms with van der Waals surface area (Å²) in [6.07, 6.45) is 5.22. The average molecular weight is 325 g/mol. The van der Waals surface area contributed by atoms with E-state index in [1.54, 1.807) is 0 Å². The number of nitrogens with one attached hydrogen (secondary N) is 1. The van der Waals surface area contributed by atoms with Crippen LogP contribution in [0, 0.1) is 12.3 Å². The maximum atomic E-state index is 12.6. The van der Waals surface area contributed by atoms with Gasteiger partial charge in [-0.1, -0.05) is 41.3 Å². The fraction of sp³-hybridized carbons (Fsp3) is 0.533. The first-order valence-electron chi connectivity index (χ1n) is 6.85. The Labute approximate surface area is 123 Å². The molecular weight excluding hydrogens is 304 g/mol. The second kappa shape index (κ2) is 6.06. The Morgan fingerprint density at radius 2 is 2.05 bits per heavy atom. The Bertz CT molecular complexity index is 467. The van der Waals surface area contributed by atoms with Crippen LogP contribution in [0.3, 0.4) is 0 Å². The lowest BCUT2D eigenvalue weighted by atomic mass is 9.73. The van der Waals surface area contributed by atoms with Crippen molar-refractivity contribution in [1.82, 2.24) is 0 Å². The van der Waals surface area contributed by atoms with Gasteiger partial charge in [-0.25, -0.2) is 0 Å². The summed E-state index contributed by atoms with van der Waals surface area (Å²) in [6, 6.07) is 5.92. The monoisotopic (exact) mass is 324 g/mol. The van der Waals surface area contributed by atoms with Gasteiger partial charge in [0, 0.05) is 16.7 Å². The number of halogens is 1. The molecular formula is C15H21BrN2O. The number of hydrogen-bond donors (Lipinski definition) is 2. The first-order valence-corrected chi connectivity index (χ1v) is 7.64. The van der Waals surface area contributed by atoms with Gasteiger partial charge >= 0.3 is 0 Å². The van der Waals surface area contributed by atoms with E-state index in [9.17, 15) is 4.79 Å². The quantitative estimate of drug-likeness (QED) is 0.892. The predicted molar refractivity (Wildman–Crippen MR) is 82.1 cm³/mol. The number of rotatable bonds is 3. The molecule has 1 fully saturated rings. The lowest BCUT2D eigenvalue weighted by Gasteiger charge is -2.34. The summed E-state index contributed by atoms with van der Waals surface area (Å²) in [4.78, 5) is 12.6. The van der Waals surface area contributed by atoms with Crippen LogP contribution in [0.5, 0.6) is 0 Å². The molecule has 104 valence electrons. The van der Waals surface area contributed by atoms with E-state index in [2.05, 4.69) is 21.2 Å². The molecule has 0 aliphatic heterocycles. The normalized spacial score (nSPS) is 18.1. The number of aryl methyl sites for hydroxylation is 1. The van der Waals surface area contributed by atoms with E-state index < -0.39 is 0 Å². The maximum Gasteiger partial charge on any atom is 0.231 e. The number of hydrogen-bond acceptors (Lipinski definition) is 2. The number of amides is 1. The average Bonchev–Trinajstić information content (AvgIpc) is 2.43. The van der Waals surface area contributed by atoms with Crippen LogP contribution >= 0.6 is 15.9 Å². The molecule has 0 spiro atoms. The second-order valence-corrected chi connectivity index (χ2v) is 6.37. The van der Waals surface area contributed by atoms with E-state index in [-0.39, 0.29) is 11.3 Å². The van der Waals surface area contributed by atoms with Crippen molar-refractivity contribution in [3.63, 3.8) is 0 Å². The Kier molecular flexibility index (Phi) is 4.63. The van der Waals surface area contributed by atoms with Gasteiger partial charge in [-0.3, -0.25) is 4.79 Å². The molecule has 0 bridgehead atoms. The summed E-state index contributed by atoms with van der Waals surface area (Å²) in [6.45, 7) is 2.43. The highest BCUT2D eigenvalue weighted by molar-refractivity contribution is 9.10. The Hall–Kier alpha value is -0.870. The van der Waals surface area contributed by atoms with Crippen molar-refractivity contribution in [3.05, 3.63) is 28.2 Å². The third kappa shape index (κ3) is 3.18. The van der Waals surface area contributed by atoms with E-state index in [0.717, 1.165) is 41.4 Å². The molecule has 1 amide bonds. The van der Waals surface area contributed by atoms with Gasteiger partial charge in [-0.2, -0.15) is 0 Å². The van der Waals surface area contributed by atoms with E-state index in [1.807, 2.05) is 25.1 Å². The van der Waals surface area contributed by atoms with Crippen molar-refractivity contribution in [3.8, 4) is 0 Å². The highest BCUT2D eigenvalue weighted by atomic mass is 79.9. The van der Waals surface area contributed by atoms with E-state index in [0.29, 0.717) is 6.54 Å². The van der Waals surface area contributed by atoms with Crippen LogP contribution < -0.4 is 11.1 Å². The third-order valence-electron chi connectivity index (χ3n) is 4.13. The van der Waals surface area contributed by atoms with Gasteiger partial charge in [0.2, 0.25) is 5.91 Å². The van der Waals surface area contributed by atoms with Gasteiger partial charge < -0.3 is 11.1 Å². The van der Waals surface area contributed by atoms with Crippen LogP contribution in [0.25, 0.3) is 0 Å². The van der Waals surface area contributed by atoms with Crippen LogP contribution in [0.2, 0.25) is 0 Å². The molecule has 0 unspecified atom stereocenters. The Morgan fingerprint density at radius 1 is 1.37 bits per heavy atom. The standard InChI is InChI=1S/C15H21BrN2O/c1-11-5-6-12(16)9-13(11)18-14(19)15(10-17)7-3-2-4-8-15/h5-6,9H,2-4,7-8,10,17H2,1H3,(H,18,19). The van der Waals surface area contributed by atoms with Gasteiger partial charge in [-0.05, 0) is 37.5 Å². The molecule has 4 heteroatoms. The molecule has 0 heterocycles. The van der Waals surface area contributed by atoms with Crippen molar-refractivity contribution in [1.29, 1.82) is 0 Å². The fourth-order valence-corrected chi connectivity index (χ4v) is 3.10. The minimum atomic E-state index is -0.368. The van der Waals surface area contributed by atoms with Gasteiger partial charge in [0.05, 0.1) is 5.41 Å². The van der Waals surface area contributed by atoms with Crippen molar-refractivity contribution < 1.29 is 4.79 Å². The highest BCUT2D eigenvalue weighted by Gasteiger charge is 2.38. The van der Waals surface area contributed by atoms with Gasteiger partial charge in [0.15, 0.2) is 0 Å². The Balaban J connectivity index is 2.17. The lowest BCUT2D eigenvalue weighted by molar-refractivity contribution is -0.126. The first kappa shape index (κ1) is 14.5. The molecule has 0 saturated heterocycles. The molecule has 1 aromatic carbocycles. The minimum absolute atomic E-state index is 0.0795. The first-order chi connectivity index (χ1) is 9.07. The molecule has 2 rings (SSSR count). The SMILES string of the molecule is Cc1ccc(Br)cc1NC(=O)C1(CN)CCCCC1. The second-order valence-electron chi connectivity index (χ2n) is 5.46. The maximum absolute atomic E-state index is 12.6. The molecule has 1 aliphatic carbocycles. The van der Waals surface area contributed by atoms with Crippen LogP contribution in [0.1, 0.15) is 37.7 Å². The summed E-state index contributed by atoms with van der Waals surface area (Å²) in [5.74, 6) is 0.0795. The molecule has 3 nitrogen and oxygen atoms in total. The summed E-state index contributed by atoms with van der Waals surface area (Å²) < 4.78 is 0.971. The van der Waals surface area contributed by atoms with E-state index in [4.69, 9.17) is 5.73 Å². The molecule has 0 atom stereocenters. The fourth-order valence-electron chi connectivity index (χ4n) is 2.74. The smallest absolute Gasteiger partial charge is 0.231 e. The molecule has 1 aliphatic rings. The number of nitrogens with two attached hydrogens (primary N) is 1. The van der Waals surface area contributed by atoms with Crippen LogP contribution in [-0.2, 0) is 4.79 Å². The van der Waals surface area contributed by atoms with Gasteiger partial charge in [0.1, 0.15) is 0 Å². The summed E-state index contributed by atoms with van der Waals surface area (Å²) in [5.41, 5.74) is 7.46. The van der Waals surface area contributed by atoms with Crippen LogP contribution in [0.15, 0.2) is 22.7 Å². The Morgan fingerprint density at radius 3 is 2.68 bits per heavy atom. The van der Waals surface area contributed by atoms with E-state index >= 15 is 0 Å². The topological polar surface area (TPSA) is 55.1 Å². The van der Waals surface area contributed by atoms with Crippen LogP contribution in [0.4, 0.5) is 5.69 Å². The largest absolute Gasteiger partial charge is 0.329 e. The van der Waals surface area contributed by atoms with Gasteiger partial charge in [-0.15, -0.1) is 0 Å². The zero-order chi connectivity index (χ0) is 13.9. The highest BCUT2D eigenvalue weighted by Crippen LogP contribution is 2.36. The van der Waals surface area contributed by atoms with Crippen LogP contribution in [-0.4, -0.2) is 12.5 Å². The number of anilines is 1. The molecule has 3 N–H and O–H groups in total. The zero-order valence-corrected chi connectivity index (χ0v) is 12.9. The minimum Gasteiger partial charge on any atom is -0.329 e. The summed E-state index contributed by atoms with van der Waals surface area (Å²) >= 11 is 3.44. The van der Waals surface area contributed by atoms with Crippen molar-refractivity contribution in [2.75, 3.05) is 11.9 Å². The predicted octanol–water partition coefficient (Wildman–Crippen LogP) is 3.61. The van der Waals surface area contributed by atoms with E-state index in [1.165, 1.54) is 6.42 Å². The van der Waals surface area contributed by atoms with Gasteiger partial charge in [0.25, 0.3) is 0 Å². The third-order valence-corrected chi connectivity index (χ3v) is 4.62. The summed E-state index contributed by atoms with van der Waals surface area (Å²) in [7, 11) is 0. The molecule has 1 saturated carbocycles. The number of carbonyl (C=O) groups is 1.